The number of imidazole rings is 1. The molecule has 3 heterocycles. The minimum atomic E-state index is 0.214. The van der Waals surface area contributed by atoms with Gasteiger partial charge in [0.05, 0.1) is 35.3 Å². The van der Waals surface area contributed by atoms with E-state index in [1.165, 1.54) is 0 Å². The van der Waals surface area contributed by atoms with Crippen molar-refractivity contribution < 1.29 is 9.26 Å². The van der Waals surface area contributed by atoms with Crippen molar-refractivity contribution >= 4 is 23.4 Å². The smallest absolute Gasteiger partial charge is 0.237 e. The van der Waals surface area contributed by atoms with Gasteiger partial charge in [-0.15, -0.1) is 0 Å². The molecule has 2 aromatic heterocycles. The first kappa shape index (κ1) is 20.3. The number of rotatable bonds is 7. The molecule has 158 valence electrons. The van der Waals surface area contributed by atoms with E-state index in [1.807, 2.05) is 48.7 Å². The topological polar surface area (TPSA) is 66.0 Å². The molecule has 5 rings (SSSR count). The van der Waals surface area contributed by atoms with Crippen molar-refractivity contribution in [2.24, 2.45) is 0 Å². The Morgan fingerprint density at radius 3 is 2.74 bits per heavy atom. The van der Waals surface area contributed by atoms with Crippen molar-refractivity contribution in [1.82, 2.24) is 19.7 Å². The number of ether oxygens (including phenoxy) is 1. The van der Waals surface area contributed by atoms with Crippen LogP contribution in [0.1, 0.15) is 18.7 Å². The number of aromatic nitrogens is 4. The van der Waals surface area contributed by atoms with Crippen LogP contribution >= 0.6 is 23.4 Å². The minimum absolute atomic E-state index is 0.214. The van der Waals surface area contributed by atoms with Gasteiger partial charge in [-0.25, -0.2) is 4.98 Å². The third-order valence-electron chi connectivity index (χ3n) is 5.21. The molecule has 0 radical (unpaired) electrons. The number of thioether (sulfide) groups is 1. The summed E-state index contributed by atoms with van der Waals surface area (Å²) < 4.78 is 13.6. The maximum absolute atomic E-state index is 6.25. The Balaban J connectivity index is 1.37. The molecule has 31 heavy (non-hydrogen) atoms. The van der Waals surface area contributed by atoms with Gasteiger partial charge in [-0.05, 0) is 30.5 Å². The van der Waals surface area contributed by atoms with E-state index in [1.54, 1.807) is 11.8 Å². The van der Waals surface area contributed by atoms with Crippen LogP contribution in [0.3, 0.4) is 0 Å². The third kappa shape index (κ3) is 4.54. The van der Waals surface area contributed by atoms with E-state index in [-0.39, 0.29) is 6.10 Å². The van der Waals surface area contributed by atoms with Crippen molar-refractivity contribution in [1.29, 1.82) is 0 Å². The maximum Gasteiger partial charge on any atom is 0.237 e. The molecule has 0 spiro atoms. The van der Waals surface area contributed by atoms with Crippen LogP contribution in [0.25, 0.3) is 22.6 Å². The van der Waals surface area contributed by atoms with Crippen LogP contribution in [0.2, 0.25) is 5.02 Å². The lowest BCUT2D eigenvalue weighted by Crippen LogP contribution is -2.16. The lowest BCUT2D eigenvalue weighted by atomic mass is 10.1. The van der Waals surface area contributed by atoms with Crippen molar-refractivity contribution in [3.63, 3.8) is 0 Å². The van der Waals surface area contributed by atoms with Crippen LogP contribution in [0.5, 0.6) is 0 Å². The van der Waals surface area contributed by atoms with Crippen LogP contribution in [0.4, 0.5) is 0 Å². The normalized spacial score (nSPS) is 16.1. The molecule has 0 saturated carbocycles. The van der Waals surface area contributed by atoms with Crippen molar-refractivity contribution in [2.45, 2.75) is 36.4 Å². The van der Waals surface area contributed by atoms with E-state index in [0.29, 0.717) is 22.5 Å². The lowest BCUT2D eigenvalue weighted by molar-refractivity contribution is 0.0954. The zero-order valence-electron chi connectivity index (χ0n) is 16.8. The van der Waals surface area contributed by atoms with Gasteiger partial charge in [-0.2, -0.15) is 4.98 Å². The zero-order chi connectivity index (χ0) is 21.0. The van der Waals surface area contributed by atoms with Crippen LogP contribution in [0.15, 0.2) is 70.5 Å². The van der Waals surface area contributed by atoms with E-state index >= 15 is 0 Å². The summed E-state index contributed by atoms with van der Waals surface area (Å²) in [6.07, 6.45) is 4.32. The van der Waals surface area contributed by atoms with Gasteiger partial charge in [0.1, 0.15) is 0 Å². The van der Waals surface area contributed by atoms with Crippen LogP contribution in [-0.2, 0) is 17.0 Å². The summed E-state index contributed by atoms with van der Waals surface area (Å²) >= 11 is 7.83. The minimum Gasteiger partial charge on any atom is -0.376 e. The highest BCUT2D eigenvalue weighted by molar-refractivity contribution is 7.98. The fraction of sp³-hybridized carbons (Fsp3) is 0.261. The summed E-state index contributed by atoms with van der Waals surface area (Å²) in [5.41, 5.74) is 2.98. The average Bonchev–Trinajstić information content (AvgIpc) is 3.55. The molecular weight excluding hydrogens is 432 g/mol. The summed E-state index contributed by atoms with van der Waals surface area (Å²) in [5.74, 6) is 1.55. The Morgan fingerprint density at radius 1 is 1.10 bits per heavy atom. The summed E-state index contributed by atoms with van der Waals surface area (Å²) in [6.45, 7) is 1.61. The molecule has 1 saturated heterocycles. The van der Waals surface area contributed by atoms with Gasteiger partial charge in [-0.1, -0.05) is 71.0 Å². The molecule has 0 N–H and O–H groups in total. The Hall–Kier alpha value is -2.61. The Kier molecular flexibility index (Phi) is 6.06. The van der Waals surface area contributed by atoms with Crippen molar-refractivity contribution in [3.8, 4) is 22.6 Å². The summed E-state index contributed by atoms with van der Waals surface area (Å²) in [4.78, 5) is 9.20. The highest BCUT2D eigenvalue weighted by Gasteiger charge is 2.21. The van der Waals surface area contributed by atoms with E-state index in [9.17, 15) is 0 Å². The van der Waals surface area contributed by atoms with E-state index < -0.39 is 0 Å². The summed E-state index contributed by atoms with van der Waals surface area (Å²) in [5, 5.41) is 5.60. The van der Waals surface area contributed by atoms with Gasteiger partial charge in [0.25, 0.3) is 0 Å². The second kappa shape index (κ2) is 9.26. The first-order valence-electron chi connectivity index (χ1n) is 10.2. The van der Waals surface area contributed by atoms with Crippen LogP contribution in [-0.4, -0.2) is 32.4 Å². The molecule has 0 amide bonds. The molecule has 1 aliphatic heterocycles. The molecule has 1 fully saturated rings. The predicted molar refractivity (Wildman–Crippen MR) is 121 cm³/mol. The zero-order valence-corrected chi connectivity index (χ0v) is 18.4. The molecule has 2 aromatic carbocycles. The van der Waals surface area contributed by atoms with E-state index in [4.69, 9.17) is 20.9 Å². The summed E-state index contributed by atoms with van der Waals surface area (Å²) in [7, 11) is 0. The number of benzene rings is 2. The molecule has 0 unspecified atom stereocenters. The van der Waals surface area contributed by atoms with Crippen LogP contribution in [0, 0.1) is 0 Å². The van der Waals surface area contributed by atoms with Gasteiger partial charge in [-0.3, -0.25) is 0 Å². The quantitative estimate of drug-likeness (QED) is 0.334. The van der Waals surface area contributed by atoms with Gasteiger partial charge in [0.15, 0.2) is 5.16 Å². The van der Waals surface area contributed by atoms with Gasteiger partial charge < -0.3 is 13.8 Å². The Labute approximate surface area is 189 Å². The van der Waals surface area contributed by atoms with Gasteiger partial charge in [0.2, 0.25) is 11.7 Å². The highest BCUT2D eigenvalue weighted by atomic mass is 35.5. The fourth-order valence-corrected chi connectivity index (χ4v) is 4.72. The predicted octanol–water partition coefficient (Wildman–Crippen LogP) is 5.72. The fourth-order valence-electron chi connectivity index (χ4n) is 3.67. The lowest BCUT2D eigenvalue weighted by Gasteiger charge is -2.15. The summed E-state index contributed by atoms with van der Waals surface area (Å²) in [6, 6.07) is 17.8. The molecule has 0 bridgehead atoms. The Morgan fingerprint density at radius 2 is 1.94 bits per heavy atom. The molecule has 1 atom stereocenters. The SMILES string of the molecule is Clc1ccccc1-c1noc(CSc2ncc(-c3ccccc3)n2C[C@@H]2CCCO2)n1. The molecule has 4 aromatic rings. The molecule has 1 aliphatic rings. The second-order valence-corrected chi connectivity index (χ2v) is 8.67. The third-order valence-corrected chi connectivity index (χ3v) is 6.51. The van der Waals surface area contributed by atoms with Gasteiger partial charge in [0, 0.05) is 12.2 Å². The van der Waals surface area contributed by atoms with Crippen LogP contribution < -0.4 is 0 Å². The first-order chi connectivity index (χ1) is 15.3. The largest absolute Gasteiger partial charge is 0.376 e. The number of nitrogens with zero attached hydrogens (tertiary/aromatic N) is 4. The molecule has 8 heteroatoms. The molecular formula is C23H21ClN4O2S. The number of hydrogen-bond donors (Lipinski definition) is 0. The highest BCUT2D eigenvalue weighted by Crippen LogP contribution is 2.31. The monoisotopic (exact) mass is 452 g/mol. The number of halogens is 1. The first-order valence-corrected chi connectivity index (χ1v) is 11.6. The maximum atomic E-state index is 6.25. The molecule has 6 nitrogen and oxygen atoms in total. The second-order valence-electron chi connectivity index (χ2n) is 7.32. The van der Waals surface area contributed by atoms with E-state index in [0.717, 1.165) is 48.0 Å². The number of hydrogen-bond acceptors (Lipinski definition) is 6. The average molecular weight is 453 g/mol. The molecule has 0 aliphatic carbocycles. The van der Waals surface area contributed by atoms with Crippen molar-refractivity contribution in [3.05, 3.63) is 71.7 Å². The standard InChI is InChI=1S/C23H21ClN4O2S/c24-19-11-5-4-10-18(19)22-26-21(30-27-22)15-31-23-25-13-20(16-7-2-1-3-8-16)28(23)14-17-9-6-12-29-17/h1-5,7-8,10-11,13,17H,6,9,12,14-15H2/t17-/m0/s1. The van der Waals surface area contributed by atoms with Crippen molar-refractivity contribution in [2.75, 3.05) is 6.61 Å². The Bertz CT molecular complexity index is 1160. The van der Waals surface area contributed by atoms with E-state index in [2.05, 4.69) is 31.8 Å². The van der Waals surface area contributed by atoms with Gasteiger partial charge >= 0.3 is 0 Å².